The van der Waals surface area contributed by atoms with Crippen LogP contribution in [-0.4, -0.2) is 30.1 Å². The first-order valence-electron chi connectivity index (χ1n) is 7.05. The van der Waals surface area contributed by atoms with Crippen molar-refractivity contribution < 1.29 is 0 Å². The van der Waals surface area contributed by atoms with Crippen molar-refractivity contribution in [1.82, 2.24) is 10.2 Å². The fraction of sp³-hybridized carbons (Fsp3) is 0.600. The first-order chi connectivity index (χ1) is 9.13. The first-order valence-corrected chi connectivity index (χ1v) is 7.81. The third kappa shape index (κ3) is 3.85. The normalized spacial score (nSPS) is 24.6. The van der Waals surface area contributed by atoms with E-state index in [1.165, 1.54) is 0 Å². The quantitative estimate of drug-likeness (QED) is 0.905. The van der Waals surface area contributed by atoms with E-state index in [1.807, 2.05) is 18.2 Å². The Morgan fingerprint density at radius 2 is 2.05 bits per heavy atom. The number of nitrogens with zero attached hydrogens (tertiary/aromatic N) is 1. The fourth-order valence-corrected chi connectivity index (χ4v) is 3.05. The van der Waals surface area contributed by atoms with Crippen molar-refractivity contribution in [2.75, 3.05) is 13.1 Å². The molecule has 4 heteroatoms. The van der Waals surface area contributed by atoms with Gasteiger partial charge in [0.25, 0.3) is 0 Å². The number of halogens is 2. The first kappa shape index (κ1) is 15.1. The van der Waals surface area contributed by atoms with E-state index in [-0.39, 0.29) is 0 Å². The molecule has 1 aromatic carbocycles. The molecule has 0 spiro atoms. The van der Waals surface area contributed by atoms with Crippen LogP contribution in [0.3, 0.4) is 0 Å². The number of nitrogens with one attached hydrogen (secondary N) is 1. The highest BCUT2D eigenvalue weighted by atomic mass is 35.5. The van der Waals surface area contributed by atoms with Crippen molar-refractivity contribution in [1.29, 1.82) is 0 Å². The van der Waals surface area contributed by atoms with E-state index < -0.39 is 0 Å². The lowest BCUT2D eigenvalue weighted by Gasteiger charge is -2.40. The van der Waals surface area contributed by atoms with Gasteiger partial charge in [0.1, 0.15) is 0 Å². The average molecular weight is 301 g/mol. The summed E-state index contributed by atoms with van der Waals surface area (Å²) in [6.45, 7) is 7.50. The molecular formula is C15H22Cl2N2. The number of rotatable bonds is 4. The Labute approximate surface area is 126 Å². The topological polar surface area (TPSA) is 15.3 Å². The van der Waals surface area contributed by atoms with E-state index >= 15 is 0 Å². The molecule has 0 amide bonds. The number of hydrogen-bond acceptors (Lipinski definition) is 2. The summed E-state index contributed by atoms with van der Waals surface area (Å²) in [4.78, 5) is 2.53. The molecule has 1 N–H and O–H groups in total. The zero-order valence-corrected chi connectivity index (χ0v) is 13.1. The second-order valence-electron chi connectivity index (χ2n) is 5.24. The molecule has 0 saturated carbocycles. The maximum Gasteiger partial charge on any atom is 0.0452 e. The molecule has 1 heterocycles. The van der Waals surface area contributed by atoms with Gasteiger partial charge in [0, 0.05) is 41.8 Å². The van der Waals surface area contributed by atoms with Crippen LogP contribution in [0.2, 0.25) is 10.0 Å². The van der Waals surface area contributed by atoms with Crippen molar-refractivity contribution in [2.45, 2.75) is 45.3 Å². The predicted octanol–water partition coefficient (Wildman–Crippen LogP) is 3.96. The second-order valence-corrected chi connectivity index (χ2v) is 6.08. The second kappa shape index (κ2) is 6.94. The third-order valence-electron chi connectivity index (χ3n) is 3.96. The molecule has 1 aliphatic heterocycles. The highest BCUT2D eigenvalue weighted by Gasteiger charge is 2.26. The lowest BCUT2D eigenvalue weighted by atomic mass is 10.0. The van der Waals surface area contributed by atoms with Gasteiger partial charge in [-0.05, 0) is 36.6 Å². The summed E-state index contributed by atoms with van der Waals surface area (Å²) in [5.41, 5.74) is 1.13. The molecule has 1 fully saturated rings. The maximum absolute atomic E-state index is 6.28. The lowest BCUT2D eigenvalue weighted by Crippen LogP contribution is -2.55. The van der Waals surface area contributed by atoms with Crippen molar-refractivity contribution in [3.05, 3.63) is 33.8 Å². The van der Waals surface area contributed by atoms with Crippen molar-refractivity contribution in [2.24, 2.45) is 0 Å². The molecule has 19 heavy (non-hydrogen) atoms. The number of benzene rings is 1. The molecular weight excluding hydrogens is 279 g/mol. The highest BCUT2D eigenvalue weighted by Crippen LogP contribution is 2.24. The van der Waals surface area contributed by atoms with Gasteiger partial charge >= 0.3 is 0 Å². The van der Waals surface area contributed by atoms with E-state index in [0.717, 1.165) is 48.1 Å². The van der Waals surface area contributed by atoms with Gasteiger partial charge < -0.3 is 5.32 Å². The molecule has 2 atom stereocenters. The minimum absolute atomic E-state index is 0.581. The Hall–Kier alpha value is -0.280. The van der Waals surface area contributed by atoms with E-state index in [4.69, 9.17) is 23.2 Å². The molecule has 0 aromatic heterocycles. The molecule has 106 valence electrons. The molecule has 2 unspecified atom stereocenters. The molecule has 0 radical (unpaired) electrons. The molecule has 1 aromatic rings. The van der Waals surface area contributed by atoms with E-state index in [9.17, 15) is 0 Å². The summed E-state index contributed by atoms with van der Waals surface area (Å²) < 4.78 is 0. The summed E-state index contributed by atoms with van der Waals surface area (Å²) in [5.74, 6) is 0. The average Bonchev–Trinajstić information content (AvgIpc) is 2.42. The standard InChI is InChI=1S/C15H22Cl2N2/c1-3-13-10-19(14(4-2)8-18-13)9-11-7-12(16)5-6-15(11)17/h5-7,13-14,18H,3-4,8-10H2,1-2H3. The van der Waals surface area contributed by atoms with Crippen molar-refractivity contribution in [3.8, 4) is 0 Å². The van der Waals surface area contributed by atoms with Crippen LogP contribution in [0, 0.1) is 0 Å². The van der Waals surface area contributed by atoms with Gasteiger partial charge in [-0.3, -0.25) is 4.90 Å². The van der Waals surface area contributed by atoms with Crippen LogP contribution in [0.4, 0.5) is 0 Å². The van der Waals surface area contributed by atoms with Gasteiger partial charge in [0.2, 0.25) is 0 Å². The summed E-state index contributed by atoms with van der Waals surface area (Å²) in [5, 5.41) is 5.18. The van der Waals surface area contributed by atoms with Crippen LogP contribution in [0.1, 0.15) is 32.3 Å². The smallest absolute Gasteiger partial charge is 0.0452 e. The van der Waals surface area contributed by atoms with Gasteiger partial charge in [0.15, 0.2) is 0 Å². The number of piperazine rings is 1. The molecule has 0 aliphatic carbocycles. The van der Waals surface area contributed by atoms with Gasteiger partial charge in [-0.1, -0.05) is 37.0 Å². The van der Waals surface area contributed by atoms with Crippen LogP contribution in [0.15, 0.2) is 18.2 Å². The van der Waals surface area contributed by atoms with Crippen LogP contribution in [0.5, 0.6) is 0 Å². The highest BCUT2D eigenvalue weighted by molar-refractivity contribution is 6.33. The number of hydrogen-bond donors (Lipinski definition) is 1. The minimum Gasteiger partial charge on any atom is -0.311 e. The Kier molecular flexibility index (Phi) is 5.52. The van der Waals surface area contributed by atoms with E-state index in [2.05, 4.69) is 24.1 Å². The summed E-state index contributed by atoms with van der Waals surface area (Å²) in [6.07, 6.45) is 2.32. The minimum atomic E-state index is 0.581. The van der Waals surface area contributed by atoms with E-state index in [0.29, 0.717) is 12.1 Å². The SMILES string of the molecule is CCC1CN(Cc2cc(Cl)ccc2Cl)C(CC)CN1. The Balaban J connectivity index is 2.11. The summed E-state index contributed by atoms with van der Waals surface area (Å²) in [7, 11) is 0. The molecule has 2 nitrogen and oxygen atoms in total. The zero-order chi connectivity index (χ0) is 13.8. The Morgan fingerprint density at radius 3 is 2.74 bits per heavy atom. The zero-order valence-electron chi connectivity index (χ0n) is 11.6. The predicted molar refractivity (Wildman–Crippen MR) is 83.0 cm³/mol. The van der Waals surface area contributed by atoms with E-state index in [1.54, 1.807) is 0 Å². The van der Waals surface area contributed by atoms with Crippen molar-refractivity contribution >= 4 is 23.2 Å². The van der Waals surface area contributed by atoms with Gasteiger partial charge in [-0.25, -0.2) is 0 Å². The third-order valence-corrected chi connectivity index (χ3v) is 4.56. The monoisotopic (exact) mass is 300 g/mol. The van der Waals surface area contributed by atoms with Gasteiger partial charge in [-0.2, -0.15) is 0 Å². The van der Waals surface area contributed by atoms with Crippen LogP contribution < -0.4 is 5.32 Å². The Bertz CT molecular complexity index is 423. The lowest BCUT2D eigenvalue weighted by molar-refractivity contribution is 0.117. The maximum atomic E-state index is 6.28. The largest absolute Gasteiger partial charge is 0.311 e. The molecule has 2 rings (SSSR count). The van der Waals surface area contributed by atoms with Gasteiger partial charge in [0.05, 0.1) is 0 Å². The van der Waals surface area contributed by atoms with Crippen LogP contribution in [0.25, 0.3) is 0 Å². The molecule has 0 bridgehead atoms. The van der Waals surface area contributed by atoms with Crippen LogP contribution >= 0.6 is 23.2 Å². The Morgan fingerprint density at radius 1 is 1.26 bits per heavy atom. The summed E-state index contributed by atoms with van der Waals surface area (Å²) >= 11 is 12.3. The molecule has 1 aliphatic rings. The van der Waals surface area contributed by atoms with Crippen molar-refractivity contribution in [3.63, 3.8) is 0 Å². The van der Waals surface area contributed by atoms with Crippen LogP contribution in [-0.2, 0) is 6.54 Å². The fourth-order valence-electron chi connectivity index (χ4n) is 2.68. The van der Waals surface area contributed by atoms with Gasteiger partial charge in [-0.15, -0.1) is 0 Å². The molecule has 1 saturated heterocycles. The summed E-state index contributed by atoms with van der Waals surface area (Å²) in [6, 6.07) is 6.88.